The van der Waals surface area contributed by atoms with Gasteiger partial charge in [0.1, 0.15) is 5.92 Å². The lowest BCUT2D eigenvalue weighted by Crippen LogP contribution is -2.97. The van der Waals surface area contributed by atoms with E-state index in [1.807, 2.05) is 0 Å². The van der Waals surface area contributed by atoms with Crippen molar-refractivity contribution in [2.45, 2.75) is 37.8 Å². The molecule has 16 heavy (non-hydrogen) atoms. The van der Waals surface area contributed by atoms with Gasteiger partial charge in [-0.25, -0.2) is 0 Å². The van der Waals surface area contributed by atoms with Crippen LogP contribution < -0.4 is 16.0 Å². The molecule has 3 fully saturated rings. The number of amides is 1. The number of quaternary nitrogens is 1. The molecule has 4 atom stereocenters. The highest BCUT2D eigenvalue weighted by atomic mass is 16.2. The lowest BCUT2D eigenvalue weighted by Gasteiger charge is -2.42. The maximum Gasteiger partial charge on any atom is 0.230 e. The summed E-state index contributed by atoms with van der Waals surface area (Å²) in [5.41, 5.74) is 0. The highest BCUT2D eigenvalue weighted by Gasteiger charge is 2.46. The Kier molecular flexibility index (Phi) is 2.86. The zero-order valence-corrected chi connectivity index (χ0v) is 9.74. The van der Waals surface area contributed by atoms with Gasteiger partial charge >= 0.3 is 0 Å². The van der Waals surface area contributed by atoms with Gasteiger partial charge in [-0.1, -0.05) is 6.42 Å². The minimum atomic E-state index is 0.196. The standard InChI is InChI=1S/C12H21N3O/c16-12-9-7-15-10-4-2-1-3-8(10)11(9)13-5-6-14-12/h8-11,13,15H,1-7H2,(H,14,16)/p+1. The number of hydrogen-bond donors (Lipinski definition) is 3. The van der Waals surface area contributed by atoms with E-state index in [-0.39, 0.29) is 11.8 Å². The molecule has 4 nitrogen and oxygen atoms in total. The van der Waals surface area contributed by atoms with Gasteiger partial charge in [0, 0.05) is 25.0 Å². The molecule has 4 heteroatoms. The quantitative estimate of drug-likeness (QED) is 0.485. The normalized spacial score (nSPS) is 43.9. The first-order valence-corrected chi connectivity index (χ1v) is 6.70. The predicted molar refractivity (Wildman–Crippen MR) is 60.8 cm³/mol. The SMILES string of the molecule is O=C1NCCNC2C1C[NH2+]C1CCCCC12. The van der Waals surface area contributed by atoms with E-state index in [2.05, 4.69) is 16.0 Å². The van der Waals surface area contributed by atoms with Gasteiger partial charge in [0.05, 0.1) is 12.6 Å². The third-order valence-corrected chi connectivity index (χ3v) is 4.60. The van der Waals surface area contributed by atoms with Crippen LogP contribution in [0.3, 0.4) is 0 Å². The van der Waals surface area contributed by atoms with Crippen LogP contribution in [-0.4, -0.2) is 37.6 Å². The maximum absolute atomic E-state index is 12.0. The fourth-order valence-electron chi connectivity index (χ4n) is 3.81. The predicted octanol–water partition coefficient (Wildman–Crippen LogP) is -1.17. The fourth-order valence-corrected chi connectivity index (χ4v) is 3.81. The summed E-state index contributed by atoms with van der Waals surface area (Å²) in [5.74, 6) is 1.19. The fraction of sp³-hybridized carbons (Fsp3) is 0.917. The molecule has 0 aromatic rings. The average molecular weight is 224 g/mol. The molecular weight excluding hydrogens is 202 g/mol. The van der Waals surface area contributed by atoms with Crippen LogP contribution in [0.15, 0.2) is 0 Å². The highest BCUT2D eigenvalue weighted by Crippen LogP contribution is 2.30. The van der Waals surface area contributed by atoms with E-state index in [4.69, 9.17) is 0 Å². The molecule has 3 rings (SSSR count). The molecule has 4 unspecified atom stereocenters. The molecule has 2 saturated heterocycles. The molecule has 0 spiro atoms. The van der Waals surface area contributed by atoms with Crippen LogP contribution >= 0.6 is 0 Å². The third-order valence-electron chi connectivity index (χ3n) is 4.60. The number of nitrogens with two attached hydrogens (primary N) is 1. The van der Waals surface area contributed by atoms with Crippen LogP contribution in [0.5, 0.6) is 0 Å². The van der Waals surface area contributed by atoms with Crippen molar-refractivity contribution in [2.75, 3.05) is 19.6 Å². The molecule has 2 aliphatic heterocycles. The Morgan fingerprint density at radius 3 is 3.00 bits per heavy atom. The number of piperidine rings is 1. The molecule has 1 aliphatic carbocycles. The Morgan fingerprint density at radius 2 is 2.06 bits per heavy atom. The number of carbonyl (C=O) groups excluding carboxylic acids is 1. The summed E-state index contributed by atoms with van der Waals surface area (Å²) in [5, 5.41) is 9.06. The zero-order chi connectivity index (χ0) is 11.0. The van der Waals surface area contributed by atoms with Gasteiger partial charge in [-0.15, -0.1) is 0 Å². The summed E-state index contributed by atoms with van der Waals surface area (Å²) in [6.07, 6.45) is 5.38. The zero-order valence-electron chi connectivity index (χ0n) is 9.74. The molecule has 0 bridgehead atoms. The summed E-state index contributed by atoms with van der Waals surface area (Å²) in [4.78, 5) is 12.0. The Labute approximate surface area is 96.5 Å². The second kappa shape index (κ2) is 4.34. The molecule has 0 aromatic carbocycles. The molecule has 3 aliphatic rings. The number of carbonyl (C=O) groups is 1. The average Bonchev–Trinajstić information content (AvgIpc) is 2.52. The largest absolute Gasteiger partial charge is 0.354 e. The van der Waals surface area contributed by atoms with Gasteiger partial charge in [0.15, 0.2) is 0 Å². The summed E-state index contributed by atoms with van der Waals surface area (Å²) in [6.45, 7) is 2.71. The van der Waals surface area contributed by atoms with E-state index in [1.165, 1.54) is 25.7 Å². The number of fused-ring (bicyclic) bond motifs is 3. The van der Waals surface area contributed by atoms with Crippen molar-refractivity contribution < 1.29 is 10.1 Å². The second-order valence-corrected chi connectivity index (χ2v) is 5.46. The molecule has 4 N–H and O–H groups in total. The molecular formula is C12H22N3O+. The van der Waals surface area contributed by atoms with E-state index < -0.39 is 0 Å². The molecule has 1 amide bonds. The minimum Gasteiger partial charge on any atom is -0.354 e. The lowest BCUT2D eigenvalue weighted by atomic mass is 9.72. The second-order valence-electron chi connectivity index (χ2n) is 5.46. The third kappa shape index (κ3) is 1.74. The molecule has 1 saturated carbocycles. The van der Waals surface area contributed by atoms with E-state index in [0.29, 0.717) is 6.04 Å². The number of hydrogen-bond acceptors (Lipinski definition) is 2. The van der Waals surface area contributed by atoms with Gasteiger partial charge in [-0.3, -0.25) is 4.79 Å². The van der Waals surface area contributed by atoms with Gasteiger partial charge in [0.25, 0.3) is 0 Å². The number of rotatable bonds is 0. The van der Waals surface area contributed by atoms with Crippen LogP contribution in [0.4, 0.5) is 0 Å². The topological polar surface area (TPSA) is 57.7 Å². The minimum absolute atomic E-state index is 0.196. The monoisotopic (exact) mass is 224 g/mol. The Balaban J connectivity index is 1.80. The van der Waals surface area contributed by atoms with E-state index in [9.17, 15) is 4.79 Å². The van der Waals surface area contributed by atoms with Gasteiger partial charge < -0.3 is 16.0 Å². The van der Waals surface area contributed by atoms with Crippen molar-refractivity contribution >= 4 is 5.91 Å². The lowest BCUT2D eigenvalue weighted by molar-refractivity contribution is -0.712. The Morgan fingerprint density at radius 1 is 1.19 bits per heavy atom. The number of nitrogens with one attached hydrogen (secondary N) is 2. The summed E-state index contributed by atoms with van der Waals surface area (Å²) in [6, 6.07) is 1.21. The molecule has 2 heterocycles. The van der Waals surface area contributed by atoms with Crippen molar-refractivity contribution in [1.29, 1.82) is 0 Å². The maximum atomic E-state index is 12.0. The summed E-state index contributed by atoms with van der Waals surface area (Å²) in [7, 11) is 0. The Bertz CT molecular complexity index is 281. The Hall–Kier alpha value is -0.610. The molecule has 0 radical (unpaired) electrons. The van der Waals surface area contributed by atoms with Crippen LogP contribution in [0.25, 0.3) is 0 Å². The van der Waals surface area contributed by atoms with Crippen molar-refractivity contribution in [3.8, 4) is 0 Å². The van der Waals surface area contributed by atoms with E-state index in [0.717, 1.165) is 31.6 Å². The van der Waals surface area contributed by atoms with Crippen molar-refractivity contribution in [2.24, 2.45) is 11.8 Å². The first-order chi connectivity index (χ1) is 7.86. The van der Waals surface area contributed by atoms with E-state index in [1.54, 1.807) is 0 Å². The molecule has 90 valence electrons. The van der Waals surface area contributed by atoms with Gasteiger partial charge in [0.2, 0.25) is 5.91 Å². The summed E-state index contributed by atoms with van der Waals surface area (Å²) >= 11 is 0. The van der Waals surface area contributed by atoms with Crippen molar-refractivity contribution in [3.63, 3.8) is 0 Å². The smallest absolute Gasteiger partial charge is 0.230 e. The molecule has 0 aromatic heterocycles. The van der Waals surface area contributed by atoms with E-state index >= 15 is 0 Å². The van der Waals surface area contributed by atoms with Crippen LogP contribution in [-0.2, 0) is 4.79 Å². The van der Waals surface area contributed by atoms with Crippen molar-refractivity contribution in [3.05, 3.63) is 0 Å². The first kappa shape index (κ1) is 10.5. The first-order valence-electron chi connectivity index (χ1n) is 6.70. The summed E-state index contributed by atoms with van der Waals surface area (Å²) < 4.78 is 0. The van der Waals surface area contributed by atoms with Gasteiger partial charge in [-0.2, -0.15) is 0 Å². The van der Waals surface area contributed by atoms with Crippen molar-refractivity contribution in [1.82, 2.24) is 10.6 Å². The van der Waals surface area contributed by atoms with Crippen LogP contribution in [0.1, 0.15) is 25.7 Å². The van der Waals surface area contributed by atoms with Crippen LogP contribution in [0, 0.1) is 11.8 Å². The van der Waals surface area contributed by atoms with Crippen LogP contribution in [0.2, 0.25) is 0 Å². The highest BCUT2D eigenvalue weighted by molar-refractivity contribution is 5.80. The van der Waals surface area contributed by atoms with Gasteiger partial charge in [-0.05, 0) is 19.3 Å².